The van der Waals surface area contributed by atoms with Gasteiger partial charge in [-0.25, -0.2) is 8.42 Å². The number of allylic oxidation sites excluding steroid dienone is 2. The molecule has 0 saturated heterocycles. The van der Waals surface area contributed by atoms with E-state index in [1.807, 2.05) is 6.08 Å². The monoisotopic (exact) mass is 225 g/mol. The van der Waals surface area contributed by atoms with Gasteiger partial charge in [-0.05, 0) is 32.6 Å². The number of hydrogen-bond acceptors (Lipinski definition) is 3. The Kier molecular flexibility index (Phi) is 2.20. The van der Waals surface area contributed by atoms with E-state index in [4.69, 9.17) is 0 Å². The third-order valence-corrected chi connectivity index (χ3v) is 6.47. The maximum atomic E-state index is 12.2. The molecule has 2 bridgehead atoms. The first kappa shape index (κ1) is 10.7. The SMILES string of the molecule is CC(C)S(=O)(=O)[C@]1(C#N)C[C@@H]2C=C[C@H]1C2. The summed E-state index contributed by atoms with van der Waals surface area (Å²) in [7, 11) is -3.33. The largest absolute Gasteiger partial charge is 0.227 e. The van der Waals surface area contributed by atoms with Gasteiger partial charge in [0.05, 0.1) is 11.3 Å². The number of sulfone groups is 1. The summed E-state index contributed by atoms with van der Waals surface area (Å²) < 4.78 is 23.3. The molecule has 0 unspecified atom stereocenters. The van der Waals surface area contributed by atoms with Crippen LogP contribution in [0.25, 0.3) is 0 Å². The van der Waals surface area contributed by atoms with Crippen molar-refractivity contribution in [2.45, 2.75) is 36.7 Å². The Bertz CT molecular complexity index is 444. The first-order chi connectivity index (χ1) is 6.94. The van der Waals surface area contributed by atoms with E-state index in [2.05, 4.69) is 12.1 Å². The number of nitrogens with zero attached hydrogens (tertiary/aromatic N) is 1. The second kappa shape index (κ2) is 3.08. The fourth-order valence-electron chi connectivity index (χ4n) is 2.75. The predicted octanol–water partition coefficient (Wildman–Crippen LogP) is 1.67. The van der Waals surface area contributed by atoms with Gasteiger partial charge in [-0.1, -0.05) is 12.2 Å². The van der Waals surface area contributed by atoms with E-state index in [0.717, 1.165) is 6.42 Å². The van der Waals surface area contributed by atoms with Crippen molar-refractivity contribution in [1.82, 2.24) is 0 Å². The molecule has 0 aromatic heterocycles. The number of fused-ring (bicyclic) bond motifs is 2. The van der Waals surface area contributed by atoms with Crippen molar-refractivity contribution in [2.75, 3.05) is 0 Å². The molecule has 0 N–H and O–H groups in total. The fraction of sp³-hybridized carbons (Fsp3) is 0.727. The van der Waals surface area contributed by atoms with Crippen LogP contribution in [0.4, 0.5) is 0 Å². The highest BCUT2D eigenvalue weighted by Gasteiger charge is 2.58. The minimum absolute atomic E-state index is 0.0834. The topological polar surface area (TPSA) is 57.9 Å². The van der Waals surface area contributed by atoms with Crippen LogP contribution in [0.1, 0.15) is 26.7 Å². The molecule has 1 saturated carbocycles. The Morgan fingerprint density at radius 1 is 1.47 bits per heavy atom. The van der Waals surface area contributed by atoms with Crippen LogP contribution in [0.15, 0.2) is 12.2 Å². The van der Waals surface area contributed by atoms with Gasteiger partial charge < -0.3 is 0 Å². The van der Waals surface area contributed by atoms with Crippen LogP contribution in [-0.4, -0.2) is 18.4 Å². The van der Waals surface area contributed by atoms with E-state index in [9.17, 15) is 13.7 Å². The van der Waals surface area contributed by atoms with E-state index in [0.29, 0.717) is 12.3 Å². The first-order valence-electron chi connectivity index (χ1n) is 5.27. The Hall–Kier alpha value is -0.820. The number of nitriles is 1. The molecule has 0 heterocycles. The molecule has 15 heavy (non-hydrogen) atoms. The van der Waals surface area contributed by atoms with Crippen molar-refractivity contribution in [3.05, 3.63) is 12.2 Å². The zero-order chi connectivity index (χ0) is 11.3. The Balaban J connectivity index is 2.51. The van der Waals surface area contributed by atoms with Gasteiger partial charge in [-0.15, -0.1) is 0 Å². The van der Waals surface area contributed by atoms with Gasteiger partial charge in [0, 0.05) is 5.92 Å². The van der Waals surface area contributed by atoms with Crippen molar-refractivity contribution in [3.63, 3.8) is 0 Å². The smallest absolute Gasteiger partial charge is 0.172 e. The molecule has 0 aromatic carbocycles. The molecule has 2 aliphatic carbocycles. The van der Waals surface area contributed by atoms with Crippen LogP contribution >= 0.6 is 0 Å². The van der Waals surface area contributed by atoms with E-state index in [-0.39, 0.29) is 5.92 Å². The lowest BCUT2D eigenvalue weighted by molar-refractivity contribution is 0.510. The lowest BCUT2D eigenvalue weighted by atomic mass is 9.94. The lowest BCUT2D eigenvalue weighted by Gasteiger charge is -2.29. The second-order valence-corrected chi connectivity index (χ2v) is 7.55. The van der Waals surface area contributed by atoms with Crippen LogP contribution in [0, 0.1) is 23.2 Å². The molecular formula is C11H15NO2S. The summed E-state index contributed by atoms with van der Waals surface area (Å²) in [4.78, 5) is 0. The highest BCUT2D eigenvalue weighted by Crippen LogP contribution is 2.51. The number of rotatable bonds is 2. The van der Waals surface area contributed by atoms with E-state index < -0.39 is 19.8 Å². The van der Waals surface area contributed by atoms with Crippen molar-refractivity contribution < 1.29 is 8.42 Å². The van der Waals surface area contributed by atoms with Crippen LogP contribution in [0.5, 0.6) is 0 Å². The van der Waals surface area contributed by atoms with Crippen LogP contribution < -0.4 is 0 Å². The standard InChI is InChI=1S/C11H15NO2S/c1-8(2)15(13,14)11(7-12)6-9-3-4-10(11)5-9/h3-4,8-10H,5-6H2,1-2H3/t9-,10+,11+/m1/s1. The summed E-state index contributed by atoms with van der Waals surface area (Å²) in [6.45, 7) is 3.31. The van der Waals surface area contributed by atoms with Gasteiger partial charge in [0.2, 0.25) is 0 Å². The Morgan fingerprint density at radius 3 is 2.47 bits per heavy atom. The van der Waals surface area contributed by atoms with E-state index in [1.54, 1.807) is 13.8 Å². The molecule has 0 aromatic rings. The average molecular weight is 225 g/mol. The normalized spacial score (nSPS) is 38.5. The maximum Gasteiger partial charge on any atom is 0.172 e. The average Bonchev–Trinajstić information content (AvgIpc) is 2.76. The third-order valence-electron chi connectivity index (χ3n) is 3.65. The molecule has 3 atom stereocenters. The minimum atomic E-state index is -3.33. The summed E-state index contributed by atoms with van der Waals surface area (Å²) in [5.41, 5.74) is 0. The van der Waals surface area contributed by atoms with Crippen LogP contribution in [0.2, 0.25) is 0 Å². The molecule has 82 valence electrons. The fourth-order valence-corrected chi connectivity index (χ4v) is 4.76. The van der Waals surface area contributed by atoms with Gasteiger partial charge in [0.1, 0.15) is 0 Å². The zero-order valence-electron chi connectivity index (χ0n) is 8.97. The summed E-state index contributed by atoms with van der Waals surface area (Å²) in [5, 5.41) is 8.79. The van der Waals surface area contributed by atoms with Crippen molar-refractivity contribution in [2.24, 2.45) is 11.8 Å². The van der Waals surface area contributed by atoms with Crippen molar-refractivity contribution >= 4 is 9.84 Å². The summed E-state index contributed by atoms with van der Waals surface area (Å²) in [6.07, 6.45) is 5.29. The van der Waals surface area contributed by atoms with Crippen molar-refractivity contribution in [1.29, 1.82) is 5.26 Å². The van der Waals surface area contributed by atoms with Crippen molar-refractivity contribution in [3.8, 4) is 6.07 Å². The Labute approximate surface area is 90.7 Å². The highest BCUT2D eigenvalue weighted by atomic mass is 32.2. The maximum absolute atomic E-state index is 12.2. The Morgan fingerprint density at radius 2 is 2.13 bits per heavy atom. The summed E-state index contributed by atoms with van der Waals surface area (Å²) >= 11 is 0. The van der Waals surface area contributed by atoms with Gasteiger partial charge in [0.25, 0.3) is 0 Å². The van der Waals surface area contributed by atoms with E-state index >= 15 is 0 Å². The molecule has 2 aliphatic rings. The molecule has 0 amide bonds. The van der Waals surface area contributed by atoms with Crippen LogP contribution in [0.3, 0.4) is 0 Å². The second-order valence-electron chi connectivity index (χ2n) is 4.79. The summed E-state index contributed by atoms with van der Waals surface area (Å²) in [5.74, 6) is 0.211. The highest BCUT2D eigenvalue weighted by molar-refractivity contribution is 7.93. The molecule has 4 heteroatoms. The summed E-state index contributed by atoms with van der Waals surface area (Å²) in [6, 6.07) is 2.09. The van der Waals surface area contributed by atoms with Crippen LogP contribution in [-0.2, 0) is 9.84 Å². The van der Waals surface area contributed by atoms with Gasteiger partial charge >= 0.3 is 0 Å². The molecule has 2 rings (SSSR count). The molecule has 0 spiro atoms. The van der Waals surface area contributed by atoms with Gasteiger partial charge in [-0.2, -0.15) is 5.26 Å². The molecule has 3 nitrogen and oxygen atoms in total. The molecule has 0 aliphatic heterocycles. The quantitative estimate of drug-likeness (QED) is 0.672. The molecule has 0 radical (unpaired) electrons. The van der Waals surface area contributed by atoms with Gasteiger partial charge in [-0.3, -0.25) is 0 Å². The molecular weight excluding hydrogens is 210 g/mol. The third kappa shape index (κ3) is 1.19. The van der Waals surface area contributed by atoms with E-state index in [1.165, 1.54) is 0 Å². The van der Waals surface area contributed by atoms with Gasteiger partial charge in [0.15, 0.2) is 14.6 Å². The number of hydrogen-bond donors (Lipinski definition) is 0. The lowest BCUT2D eigenvalue weighted by Crippen LogP contribution is -2.44. The zero-order valence-corrected chi connectivity index (χ0v) is 9.79. The molecule has 1 fully saturated rings. The predicted molar refractivity (Wildman–Crippen MR) is 57.8 cm³/mol. The minimum Gasteiger partial charge on any atom is -0.227 e. The first-order valence-corrected chi connectivity index (χ1v) is 6.81.